The van der Waals surface area contributed by atoms with Gasteiger partial charge in [0, 0.05) is 12.0 Å². The summed E-state index contributed by atoms with van der Waals surface area (Å²) in [5.41, 5.74) is 2.20. The molecule has 3 nitrogen and oxygen atoms in total. The van der Waals surface area contributed by atoms with E-state index in [0.717, 1.165) is 17.1 Å². The lowest BCUT2D eigenvalue weighted by molar-refractivity contribution is 0.833. The van der Waals surface area contributed by atoms with E-state index in [0.29, 0.717) is 17.3 Å². The van der Waals surface area contributed by atoms with Crippen LogP contribution in [0.4, 0.5) is 0 Å². The Labute approximate surface area is 129 Å². The molecule has 1 aromatic heterocycles. The lowest BCUT2D eigenvalue weighted by Crippen LogP contribution is -2.24. The van der Waals surface area contributed by atoms with Gasteiger partial charge in [-0.05, 0) is 31.2 Å². The fourth-order valence-electron chi connectivity index (χ4n) is 2.60. The van der Waals surface area contributed by atoms with Crippen LogP contribution >= 0.6 is 0 Å². The summed E-state index contributed by atoms with van der Waals surface area (Å²) in [5, 5.41) is 0.581. The maximum atomic E-state index is 13.1. The van der Waals surface area contributed by atoms with Crippen molar-refractivity contribution < 1.29 is 0 Å². The Bertz CT molecular complexity index is 944. The zero-order chi connectivity index (χ0) is 15.5. The molecule has 0 aliphatic carbocycles. The molecular weight excluding hydrogens is 272 g/mol. The SMILES string of the molecule is CC#Cc1cccc2nc(CC)n(-c3ccccc3)c(=O)c12. The van der Waals surface area contributed by atoms with Crippen LogP contribution < -0.4 is 5.56 Å². The van der Waals surface area contributed by atoms with Crippen LogP contribution in [0, 0.1) is 11.8 Å². The molecule has 3 heteroatoms. The summed E-state index contributed by atoms with van der Waals surface area (Å²) >= 11 is 0. The second-order valence-electron chi connectivity index (χ2n) is 4.93. The van der Waals surface area contributed by atoms with Crippen LogP contribution in [0.1, 0.15) is 25.2 Å². The third-order valence-electron chi connectivity index (χ3n) is 3.56. The lowest BCUT2D eigenvalue weighted by atomic mass is 10.1. The van der Waals surface area contributed by atoms with Gasteiger partial charge in [0.05, 0.1) is 16.6 Å². The van der Waals surface area contributed by atoms with Crippen LogP contribution in [-0.2, 0) is 6.42 Å². The molecule has 0 aliphatic rings. The molecule has 0 amide bonds. The van der Waals surface area contributed by atoms with Crippen molar-refractivity contribution in [1.82, 2.24) is 9.55 Å². The number of aryl methyl sites for hydroxylation is 1. The van der Waals surface area contributed by atoms with Gasteiger partial charge in [-0.25, -0.2) is 4.98 Å². The Morgan fingerprint density at radius 1 is 1.09 bits per heavy atom. The summed E-state index contributed by atoms with van der Waals surface area (Å²) in [6, 6.07) is 15.2. The van der Waals surface area contributed by atoms with Gasteiger partial charge in [0.15, 0.2) is 0 Å². The maximum Gasteiger partial charge on any atom is 0.267 e. The summed E-state index contributed by atoms with van der Waals surface area (Å²) in [5.74, 6) is 6.62. The zero-order valence-corrected chi connectivity index (χ0v) is 12.6. The van der Waals surface area contributed by atoms with Crippen LogP contribution in [0.3, 0.4) is 0 Å². The minimum Gasteiger partial charge on any atom is -0.268 e. The minimum atomic E-state index is -0.0635. The van der Waals surface area contributed by atoms with Crippen molar-refractivity contribution in [3.63, 3.8) is 0 Å². The molecular formula is C19H16N2O. The Morgan fingerprint density at radius 2 is 1.86 bits per heavy atom. The monoisotopic (exact) mass is 288 g/mol. The fraction of sp³-hybridized carbons (Fsp3) is 0.158. The van der Waals surface area contributed by atoms with Gasteiger partial charge in [-0.15, -0.1) is 5.92 Å². The maximum absolute atomic E-state index is 13.1. The first-order valence-electron chi connectivity index (χ1n) is 7.29. The quantitative estimate of drug-likeness (QED) is 0.678. The minimum absolute atomic E-state index is 0.0635. The van der Waals surface area contributed by atoms with Crippen molar-refractivity contribution in [3.05, 3.63) is 70.3 Å². The van der Waals surface area contributed by atoms with Gasteiger partial charge < -0.3 is 0 Å². The third kappa shape index (κ3) is 2.29. The number of hydrogen-bond acceptors (Lipinski definition) is 2. The second-order valence-corrected chi connectivity index (χ2v) is 4.93. The molecule has 0 unspecified atom stereocenters. The number of fused-ring (bicyclic) bond motifs is 1. The molecule has 3 aromatic rings. The smallest absolute Gasteiger partial charge is 0.267 e. The van der Waals surface area contributed by atoms with Gasteiger partial charge in [0.25, 0.3) is 5.56 Å². The summed E-state index contributed by atoms with van der Waals surface area (Å²) in [6.45, 7) is 3.77. The highest BCUT2D eigenvalue weighted by molar-refractivity contribution is 5.84. The first kappa shape index (κ1) is 14.1. The number of benzene rings is 2. The Kier molecular flexibility index (Phi) is 3.76. The summed E-state index contributed by atoms with van der Waals surface area (Å²) in [4.78, 5) is 17.7. The molecule has 0 aliphatic heterocycles. The first-order chi connectivity index (χ1) is 10.8. The molecule has 108 valence electrons. The molecule has 0 bridgehead atoms. The van der Waals surface area contributed by atoms with Crippen molar-refractivity contribution in [2.45, 2.75) is 20.3 Å². The number of hydrogen-bond donors (Lipinski definition) is 0. The molecule has 0 N–H and O–H groups in total. The Hall–Kier alpha value is -2.86. The highest BCUT2D eigenvalue weighted by atomic mass is 16.1. The van der Waals surface area contributed by atoms with Crippen molar-refractivity contribution >= 4 is 10.9 Å². The Morgan fingerprint density at radius 3 is 2.55 bits per heavy atom. The van der Waals surface area contributed by atoms with E-state index < -0.39 is 0 Å². The molecule has 22 heavy (non-hydrogen) atoms. The molecule has 0 fully saturated rings. The molecule has 0 saturated heterocycles. The van der Waals surface area contributed by atoms with Crippen LogP contribution in [0.2, 0.25) is 0 Å². The van der Waals surface area contributed by atoms with E-state index >= 15 is 0 Å². The highest BCUT2D eigenvalue weighted by Gasteiger charge is 2.13. The Balaban J connectivity index is 2.46. The van der Waals surface area contributed by atoms with Crippen molar-refractivity contribution in [2.75, 3.05) is 0 Å². The fourth-order valence-corrected chi connectivity index (χ4v) is 2.60. The largest absolute Gasteiger partial charge is 0.268 e. The van der Waals surface area contributed by atoms with Gasteiger partial charge in [-0.2, -0.15) is 0 Å². The van der Waals surface area contributed by atoms with Crippen LogP contribution in [0.15, 0.2) is 53.3 Å². The summed E-state index contributed by atoms with van der Waals surface area (Å²) in [7, 11) is 0. The van der Waals surface area contributed by atoms with E-state index in [1.54, 1.807) is 11.5 Å². The van der Waals surface area contributed by atoms with Crippen molar-refractivity contribution in [1.29, 1.82) is 0 Å². The van der Waals surface area contributed by atoms with Gasteiger partial charge in [0.2, 0.25) is 0 Å². The van der Waals surface area contributed by atoms with E-state index in [1.165, 1.54) is 0 Å². The van der Waals surface area contributed by atoms with E-state index in [4.69, 9.17) is 0 Å². The van der Waals surface area contributed by atoms with Crippen LogP contribution in [-0.4, -0.2) is 9.55 Å². The summed E-state index contributed by atoms with van der Waals surface area (Å²) in [6.07, 6.45) is 0.684. The van der Waals surface area contributed by atoms with Gasteiger partial charge in [-0.1, -0.05) is 37.1 Å². The molecule has 1 heterocycles. The number of para-hydroxylation sites is 1. The highest BCUT2D eigenvalue weighted by Crippen LogP contribution is 2.16. The summed E-state index contributed by atoms with van der Waals surface area (Å²) < 4.78 is 1.68. The van der Waals surface area contributed by atoms with E-state index in [1.807, 2.05) is 55.5 Å². The van der Waals surface area contributed by atoms with E-state index in [-0.39, 0.29) is 5.56 Å². The molecule has 0 saturated carbocycles. The topological polar surface area (TPSA) is 34.9 Å². The van der Waals surface area contributed by atoms with Gasteiger partial charge in [0.1, 0.15) is 5.82 Å². The third-order valence-corrected chi connectivity index (χ3v) is 3.56. The van der Waals surface area contributed by atoms with Gasteiger partial charge >= 0.3 is 0 Å². The standard InChI is InChI=1S/C19H16N2O/c1-3-9-14-10-8-13-16-18(14)19(22)21(17(4-2)20-16)15-11-6-5-7-12-15/h5-8,10-13H,4H2,1-2H3. The molecule has 3 rings (SSSR count). The van der Waals surface area contributed by atoms with Crippen LogP contribution in [0.5, 0.6) is 0 Å². The predicted molar refractivity (Wildman–Crippen MR) is 89.3 cm³/mol. The zero-order valence-electron chi connectivity index (χ0n) is 12.6. The normalized spacial score (nSPS) is 10.3. The number of rotatable bonds is 2. The predicted octanol–water partition coefficient (Wildman–Crippen LogP) is 3.32. The molecule has 0 spiro atoms. The number of nitrogens with zero attached hydrogens (tertiary/aromatic N) is 2. The molecule has 0 radical (unpaired) electrons. The first-order valence-corrected chi connectivity index (χ1v) is 7.29. The molecule has 2 aromatic carbocycles. The second kappa shape index (κ2) is 5.87. The van der Waals surface area contributed by atoms with E-state index in [2.05, 4.69) is 16.8 Å². The average Bonchev–Trinajstić information content (AvgIpc) is 2.55. The number of aromatic nitrogens is 2. The van der Waals surface area contributed by atoms with Crippen molar-refractivity contribution in [2.24, 2.45) is 0 Å². The van der Waals surface area contributed by atoms with Gasteiger partial charge in [-0.3, -0.25) is 9.36 Å². The lowest BCUT2D eigenvalue weighted by Gasteiger charge is -2.13. The van der Waals surface area contributed by atoms with Crippen molar-refractivity contribution in [3.8, 4) is 17.5 Å². The van der Waals surface area contributed by atoms with Crippen LogP contribution in [0.25, 0.3) is 16.6 Å². The van der Waals surface area contributed by atoms with E-state index in [9.17, 15) is 4.79 Å². The average molecular weight is 288 g/mol. The molecule has 0 atom stereocenters.